The van der Waals surface area contributed by atoms with Crippen LogP contribution >= 0.6 is 0 Å². The van der Waals surface area contributed by atoms with Gasteiger partial charge in [-0.25, -0.2) is 0 Å². The Kier molecular flexibility index (Phi) is 5.28. The molecule has 17 heavy (non-hydrogen) atoms. The van der Waals surface area contributed by atoms with E-state index in [4.69, 9.17) is 0 Å². The normalized spacial score (nSPS) is 11.8. The molecule has 0 amide bonds. The molecule has 0 radical (unpaired) electrons. The Balaban J connectivity index is 2.94. The van der Waals surface area contributed by atoms with Gasteiger partial charge in [-0.05, 0) is 47.9 Å². The predicted molar refractivity (Wildman–Crippen MR) is 76.8 cm³/mol. The molecular formula is C16H21N. The Hall–Kier alpha value is -1.76. The molecule has 1 aromatic carbocycles. The zero-order valence-electron chi connectivity index (χ0n) is 11.0. The first-order chi connectivity index (χ1) is 8.19. The minimum atomic E-state index is 1.00. The molecule has 1 heteroatoms. The maximum atomic E-state index is 4.15. The first-order valence-electron chi connectivity index (χ1n) is 5.98. The van der Waals surface area contributed by atoms with E-state index < -0.39 is 0 Å². The van der Waals surface area contributed by atoms with Gasteiger partial charge in [0, 0.05) is 7.05 Å². The second-order valence-electron chi connectivity index (χ2n) is 4.03. The van der Waals surface area contributed by atoms with Crippen molar-refractivity contribution in [3.8, 4) is 0 Å². The van der Waals surface area contributed by atoms with Crippen molar-refractivity contribution in [2.24, 2.45) is 0 Å². The number of rotatable bonds is 5. The summed E-state index contributed by atoms with van der Waals surface area (Å²) < 4.78 is 0. The zero-order valence-corrected chi connectivity index (χ0v) is 11.0. The molecule has 0 fully saturated rings. The van der Waals surface area contributed by atoms with E-state index in [1.165, 1.54) is 16.7 Å². The monoisotopic (exact) mass is 227 g/mol. The summed E-state index contributed by atoms with van der Waals surface area (Å²) in [6.07, 6.45) is 7.18. The maximum absolute atomic E-state index is 4.15. The summed E-state index contributed by atoms with van der Waals surface area (Å²) in [5, 5.41) is 3.01. The van der Waals surface area contributed by atoms with Gasteiger partial charge in [0.1, 0.15) is 0 Å². The second-order valence-corrected chi connectivity index (χ2v) is 4.03. The lowest BCUT2D eigenvalue weighted by atomic mass is 9.99. The van der Waals surface area contributed by atoms with Crippen molar-refractivity contribution in [3.05, 3.63) is 65.9 Å². The van der Waals surface area contributed by atoms with E-state index in [0.717, 1.165) is 12.0 Å². The third-order valence-corrected chi connectivity index (χ3v) is 2.72. The smallest absolute Gasteiger partial charge is 0.00277 e. The third-order valence-electron chi connectivity index (χ3n) is 2.72. The molecule has 0 aromatic heterocycles. The number of aryl methyl sites for hydroxylation is 1. The number of allylic oxidation sites excluding steroid dienone is 4. The van der Waals surface area contributed by atoms with E-state index in [0.29, 0.717) is 0 Å². The van der Waals surface area contributed by atoms with Crippen LogP contribution in [0.5, 0.6) is 0 Å². The summed E-state index contributed by atoms with van der Waals surface area (Å²) in [6.45, 7) is 8.42. The van der Waals surface area contributed by atoms with E-state index in [1.807, 2.05) is 13.2 Å². The lowest BCUT2D eigenvalue weighted by molar-refractivity contribution is 1.08. The molecule has 0 bridgehead atoms. The molecule has 1 nitrogen and oxygen atoms in total. The summed E-state index contributed by atoms with van der Waals surface area (Å²) in [7, 11) is 1.90. The van der Waals surface area contributed by atoms with Gasteiger partial charge in [-0.2, -0.15) is 0 Å². The van der Waals surface area contributed by atoms with Crippen molar-refractivity contribution in [1.82, 2.24) is 5.32 Å². The van der Waals surface area contributed by atoms with Gasteiger partial charge in [-0.1, -0.05) is 43.8 Å². The lowest BCUT2D eigenvalue weighted by Gasteiger charge is -2.06. The average Bonchev–Trinajstić information content (AvgIpc) is 2.34. The fourth-order valence-corrected chi connectivity index (χ4v) is 1.69. The Morgan fingerprint density at radius 3 is 2.65 bits per heavy atom. The van der Waals surface area contributed by atoms with Crippen LogP contribution in [-0.4, -0.2) is 7.05 Å². The van der Waals surface area contributed by atoms with Crippen LogP contribution in [0.1, 0.15) is 24.5 Å². The highest BCUT2D eigenvalue weighted by atomic mass is 14.8. The molecule has 1 rings (SSSR count). The number of hydrogen-bond acceptors (Lipinski definition) is 1. The summed E-state index contributed by atoms with van der Waals surface area (Å²) >= 11 is 0. The molecule has 0 aliphatic heterocycles. The molecule has 0 atom stereocenters. The number of hydrogen-bond donors (Lipinski definition) is 1. The molecule has 0 aliphatic carbocycles. The first-order valence-corrected chi connectivity index (χ1v) is 5.98. The van der Waals surface area contributed by atoms with Crippen molar-refractivity contribution < 1.29 is 0 Å². The van der Waals surface area contributed by atoms with E-state index in [-0.39, 0.29) is 0 Å². The minimum Gasteiger partial charge on any atom is -0.394 e. The van der Waals surface area contributed by atoms with Crippen molar-refractivity contribution in [1.29, 1.82) is 0 Å². The van der Waals surface area contributed by atoms with Gasteiger partial charge in [0.2, 0.25) is 0 Å². The fourth-order valence-electron chi connectivity index (χ4n) is 1.69. The fraction of sp³-hybridized carbons (Fsp3) is 0.250. The highest BCUT2D eigenvalue weighted by Gasteiger charge is 1.99. The van der Waals surface area contributed by atoms with Crippen molar-refractivity contribution in [2.45, 2.75) is 20.3 Å². The average molecular weight is 227 g/mol. The molecule has 0 spiro atoms. The molecule has 90 valence electrons. The van der Waals surface area contributed by atoms with Gasteiger partial charge < -0.3 is 5.32 Å². The summed E-state index contributed by atoms with van der Waals surface area (Å²) in [5.74, 6) is 0. The van der Waals surface area contributed by atoms with E-state index in [1.54, 1.807) is 0 Å². The van der Waals surface area contributed by atoms with Gasteiger partial charge in [-0.3, -0.25) is 0 Å². The lowest BCUT2D eigenvalue weighted by Crippen LogP contribution is -1.92. The van der Waals surface area contributed by atoms with Crippen molar-refractivity contribution in [2.75, 3.05) is 7.05 Å². The van der Waals surface area contributed by atoms with E-state index in [2.05, 4.69) is 62.2 Å². The molecular weight excluding hydrogens is 206 g/mol. The standard InChI is InChI=1S/C16H21N/c1-5-15(10-11-17-4)12-14(3)16-9-7-6-8-13(16)2/h6-12,17H,3,5H2,1-2,4H3/b11-10-,15-12-. The van der Waals surface area contributed by atoms with Gasteiger partial charge in [0.25, 0.3) is 0 Å². The van der Waals surface area contributed by atoms with Gasteiger partial charge >= 0.3 is 0 Å². The molecule has 0 heterocycles. The highest BCUT2D eigenvalue weighted by molar-refractivity contribution is 5.75. The third kappa shape index (κ3) is 3.95. The predicted octanol–water partition coefficient (Wildman–Crippen LogP) is 4.08. The van der Waals surface area contributed by atoms with Crippen LogP contribution in [0.3, 0.4) is 0 Å². The van der Waals surface area contributed by atoms with E-state index in [9.17, 15) is 0 Å². The SMILES string of the molecule is C=C(/C=C(\C=C/NC)CC)c1ccccc1C. The Morgan fingerprint density at radius 1 is 1.35 bits per heavy atom. The van der Waals surface area contributed by atoms with Gasteiger partial charge in [-0.15, -0.1) is 0 Å². The number of benzene rings is 1. The minimum absolute atomic E-state index is 1.00. The largest absolute Gasteiger partial charge is 0.394 e. The van der Waals surface area contributed by atoms with Crippen LogP contribution in [0, 0.1) is 6.92 Å². The van der Waals surface area contributed by atoms with Crippen LogP contribution < -0.4 is 5.32 Å². The Labute approximate surface area is 105 Å². The van der Waals surface area contributed by atoms with Crippen LogP contribution in [0.2, 0.25) is 0 Å². The Bertz CT molecular complexity index is 439. The summed E-state index contributed by atoms with van der Waals surface area (Å²) in [4.78, 5) is 0. The van der Waals surface area contributed by atoms with Crippen molar-refractivity contribution in [3.63, 3.8) is 0 Å². The highest BCUT2D eigenvalue weighted by Crippen LogP contribution is 2.20. The summed E-state index contributed by atoms with van der Waals surface area (Å²) in [6, 6.07) is 8.33. The molecule has 0 unspecified atom stereocenters. The van der Waals surface area contributed by atoms with Crippen molar-refractivity contribution >= 4 is 5.57 Å². The molecule has 0 saturated heterocycles. The Morgan fingerprint density at radius 2 is 2.06 bits per heavy atom. The topological polar surface area (TPSA) is 12.0 Å². The summed E-state index contributed by atoms with van der Waals surface area (Å²) in [5.41, 5.74) is 4.83. The zero-order chi connectivity index (χ0) is 12.7. The van der Waals surface area contributed by atoms with Crippen LogP contribution in [0.25, 0.3) is 5.57 Å². The van der Waals surface area contributed by atoms with Crippen LogP contribution in [-0.2, 0) is 0 Å². The van der Waals surface area contributed by atoms with E-state index >= 15 is 0 Å². The van der Waals surface area contributed by atoms with Crippen LogP contribution in [0.4, 0.5) is 0 Å². The van der Waals surface area contributed by atoms with Gasteiger partial charge in [0.05, 0.1) is 0 Å². The molecule has 0 saturated carbocycles. The second kappa shape index (κ2) is 6.74. The van der Waals surface area contributed by atoms with Crippen LogP contribution in [0.15, 0.2) is 54.8 Å². The number of nitrogens with one attached hydrogen (secondary N) is 1. The van der Waals surface area contributed by atoms with Gasteiger partial charge in [0.15, 0.2) is 0 Å². The molecule has 1 aromatic rings. The molecule has 1 N–H and O–H groups in total. The maximum Gasteiger partial charge on any atom is 0.00277 e. The quantitative estimate of drug-likeness (QED) is 0.747. The first kappa shape index (κ1) is 13.3. The molecule has 0 aliphatic rings.